The first-order valence-corrected chi connectivity index (χ1v) is 6.90. The molecule has 0 radical (unpaired) electrons. The van der Waals surface area contributed by atoms with Gasteiger partial charge in [0, 0.05) is 18.6 Å². The Morgan fingerprint density at radius 1 is 1.63 bits per heavy atom. The van der Waals surface area contributed by atoms with Crippen molar-refractivity contribution in [1.29, 1.82) is 5.26 Å². The second-order valence-corrected chi connectivity index (χ2v) is 4.68. The summed E-state index contributed by atoms with van der Waals surface area (Å²) in [6.07, 6.45) is 1.40. The summed E-state index contributed by atoms with van der Waals surface area (Å²) in [5, 5.41) is 21.0. The number of carbonyl (C=O) groups is 1. The van der Waals surface area contributed by atoms with Gasteiger partial charge in [-0.25, -0.2) is 0 Å². The highest BCUT2D eigenvalue weighted by molar-refractivity contribution is 7.98. The largest absolute Gasteiger partial charge is 0.481 e. The molecule has 0 aliphatic rings. The number of ether oxygens (including phenoxy) is 1. The molecule has 0 aliphatic carbocycles. The maximum absolute atomic E-state index is 10.6. The van der Waals surface area contributed by atoms with E-state index in [1.165, 1.54) is 18.9 Å². The molecule has 6 heteroatoms. The van der Waals surface area contributed by atoms with E-state index in [1.807, 2.05) is 18.4 Å². The summed E-state index contributed by atoms with van der Waals surface area (Å²) in [6, 6.07) is 7.68. The molecule has 5 nitrogen and oxygen atoms in total. The van der Waals surface area contributed by atoms with Crippen LogP contribution in [0.25, 0.3) is 0 Å². The van der Waals surface area contributed by atoms with Crippen molar-refractivity contribution in [1.82, 2.24) is 0 Å². The van der Waals surface area contributed by atoms with Crippen molar-refractivity contribution < 1.29 is 14.6 Å². The third-order valence-electron chi connectivity index (χ3n) is 2.61. The fourth-order valence-electron chi connectivity index (χ4n) is 1.62. The fourth-order valence-corrected chi connectivity index (χ4v) is 2.20. The average Bonchev–Trinajstić information content (AvgIpc) is 2.42. The minimum absolute atomic E-state index is 0.0758. The van der Waals surface area contributed by atoms with E-state index in [0.717, 1.165) is 4.90 Å². The lowest BCUT2D eigenvalue weighted by molar-refractivity contribution is -0.139. The minimum Gasteiger partial charge on any atom is -0.481 e. The van der Waals surface area contributed by atoms with Crippen LogP contribution in [0.5, 0.6) is 0 Å². The van der Waals surface area contributed by atoms with Gasteiger partial charge in [-0.2, -0.15) is 5.26 Å². The number of carboxylic acids is 1. The van der Waals surface area contributed by atoms with E-state index >= 15 is 0 Å². The topological polar surface area (TPSA) is 82.3 Å². The molecule has 0 saturated heterocycles. The normalized spacial score (nSPS) is 11.6. The number of hydrogen-bond donors (Lipinski definition) is 2. The Kier molecular flexibility index (Phi) is 6.19. The lowest BCUT2D eigenvalue weighted by Crippen LogP contribution is -2.25. The molecule has 0 bridgehead atoms. The Hall–Kier alpha value is -1.71. The Morgan fingerprint density at radius 3 is 2.89 bits per heavy atom. The molecule has 0 amide bonds. The molecule has 1 aromatic rings. The van der Waals surface area contributed by atoms with Gasteiger partial charge >= 0.3 is 5.97 Å². The summed E-state index contributed by atoms with van der Waals surface area (Å²) >= 11 is 1.50. The van der Waals surface area contributed by atoms with Crippen LogP contribution >= 0.6 is 11.8 Å². The zero-order valence-corrected chi connectivity index (χ0v) is 11.7. The van der Waals surface area contributed by atoms with E-state index in [4.69, 9.17) is 15.1 Å². The maximum atomic E-state index is 10.6. The number of nitriles is 1. The quantitative estimate of drug-likeness (QED) is 0.745. The Labute approximate surface area is 116 Å². The number of nitrogens with zero attached hydrogens (tertiary/aromatic N) is 1. The monoisotopic (exact) mass is 280 g/mol. The molecule has 1 atom stereocenters. The summed E-state index contributed by atoms with van der Waals surface area (Å²) in [5.74, 6) is -0.910. The molecule has 0 heterocycles. The number of nitrogens with one attached hydrogen (secondary N) is 1. The number of carboxylic acid groups (broad SMARTS) is 1. The SMILES string of the molecule is COC(CNc1cccc(SC)c1C#N)CC(=O)O. The number of thioether (sulfide) groups is 1. The van der Waals surface area contributed by atoms with Crippen molar-refractivity contribution in [3.8, 4) is 6.07 Å². The van der Waals surface area contributed by atoms with Crippen LogP contribution < -0.4 is 5.32 Å². The van der Waals surface area contributed by atoms with Gasteiger partial charge in [0.15, 0.2) is 0 Å². The smallest absolute Gasteiger partial charge is 0.306 e. The maximum Gasteiger partial charge on any atom is 0.306 e. The Balaban J connectivity index is 2.77. The van der Waals surface area contributed by atoms with E-state index in [2.05, 4.69) is 11.4 Å². The van der Waals surface area contributed by atoms with Gasteiger partial charge in [-0.1, -0.05) is 6.07 Å². The van der Waals surface area contributed by atoms with Gasteiger partial charge in [-0.3, -0.25) is 4.79 Å². The number of anilines is 1. The zero-order chi connectivity index (χ0) is 14.3. The van der Waals surface area contributed by atoms with Crippen molar-refractivity contribution >= 4 is 23.4 Å². The van der Waals surface area contributed by atoms with Crippen LogP contribution in [0, 0.1) is 11.3 Å². The van der Waals surface area contributed by atoms with Crippen LogP contribution in [0.3, 0.4) is 0 Å². The molecule has 102 valence electrons. The van der Waals surface area contributed by atoms with Gasteiger partial charge in [0.05, 0.1) is 23.8 Å². The van der Waals surface area contributed by atoms with Crippen molar-refractivity contribution in [2.75, 3.05) is 25.2 Å². The van der Waals surface area contributed by atoms with Crippen molar-refractivity contribution in [2.24, 2.45) is 0 Å². The minimum atomic E-state index is -0.910. The summed E-state index contributed by atoms with van der Waals surface area (Å²) in [6.45, 7) is 0.343. The molecular formula is C13H16N2O3S. The lowest BCUT2D eigenvalue weighted by Gasteiger charge is -2.16. The number of benzene rings is 1. The van der Waals surface area contributed by atoms with Gasteiger partial charge in [0.2, 0.25) is 0 Å². The number of aliphatic carboxylic acids is 1. The van der Waals surface area contributed by atoms with E-state index in [-0.39, 0.29) is 6.42 Å². The lowest BCUT2D eigenvalue weighted by atomic mass is 10.2. The average molecular weight is 280 g/mol. The Morgan fingerprint density at radius 2 is 2.37 bits per heavy atom. The molecule has 0 saturated carbocycles. The summed E-state index contributed by atoms with van der Waals surface area (Å²) in [4.78, 5) is 11.5. The molecule has 1 unspecified atom stereocenters. The highest BCUT2D eigenvalue weighted by atomic mass is 32.2. The third-order valence-corrected chi connectivity index (χ3v) is 3.39. The van der Waals surface area contributed by atoms with Gasteiger partial charge in [-0.15, -0.1) is 11.8 Å². The number of hydrogen-bond acceptors (Lipinski definition) is 5. The van der Waals surface area contributed by atoms with Crippen LogP contribution in [0.1, 0.15) is 12.0 Å². The molecular weight excluding hydrogens is 264 g/mol. The summed E-state index contributed by atoms with van der Waals surface area (Å²) in [7, 11) is 1.47. The van der Waals surface area contributed by atoms with Crippen molar-refractivity contribution in [3.63, 3.8) is 0 Å². The predicted octanol–water partition coefficient (Wildman–Crippen LogP) is 2.18. The van der Waals surface area contributed by atoms with Crippen LogP contribution in [0.4, 0.5) is 5.69 Å². The van der Waals surface area contributed by atoms with Gasteiger partial charge in [0.25, 0.3) is 0 Å². The van der Waals surface area contributed by atoms with E-state index in [9.17, 15) is 4.79 Å². The van der Waals surface area contributed by atoms with E-state index < -0.39 is 12.1 Å². The predicted molar refractivity (Wildman–Crippen MR) is 74.5 cm³/mol. The summed E-state index contributed by atoms with van der Waals surface area (Å²) in [5.41, 5.74) is 1.27. The molecule has 0 aliphatic heterocycles. The summed E-state index contributed by atoms with van der Waals surface area (Å²) < 4.78 is 5.08. The van der Waals surface area contributed by atoms with Crippen molar-refractivity contribution in [3.05, 3.63) is 23.8 Å². The standard InChI is InChI=1S/C13H16N2O3S/c1-18-9(6-13(16)17)8-15-11-4-3-5-12(19-2)10(11)7-14/h3-5,9,15H,6,8H2,1-2H3,(H,16,17). The molecule has 1 rings (SSSR count). The van der Waals surface area contributed by atoms with Gasteiger partial charge in [0.1, 0.15) is 6.07 Å². The first-order chi connectivity index (χ1) is 9.12. The highest BCUT2D eigenvalue weighted by Gasteiger charge is 2.13. The second-order valence-electron chi connectivity index (χ2n) is 3.83. The van der Waals surface area contributed by atoms with Crippen LogP contribution in [0.2, 0.25) is 0 Å². The molecule has 2 N–H and O–H groups in total. The highest BCUT2D eigenvalue weighted by Crippen LogP contribution is 2.26. The zero-order valence-electron chi connectivity index (χ0n) is 10.8. The first-order valence-electron chi connectivity index (χ1n) is 5.68. The van der Waals surface area contributed by atoms with Crippen molar-refractivity contribution in [2.45, 2.75) is 17.4 Å². The van der Waals surface area contributed by atoms with Gasteiger partial charge in [-0.05, 0) is 18.4 Å². The molecule has 1 aromatic carbocycles. The fraction of sp³-hybridized carbons (Fsp3) is 0.385. The molecule has 0 aromatic heterocycles. The van der Waals surface area contributed by atoms with Crippen LogP contribution in [-0.4, -0.2) is 37.1 Å². The first kappa shape index (κ1) is 15.3. The van der Waals surface area contributed by atoms with Crippen LogP contribution in [-0.2, 0) is 9.53 Å². The molecule has 0 fully saturated rings. The molecule has 0 spiro atoms. The Bertz CT molecular complexity index is 485. The molecule has 19 heavy (non-hydrogen) atoms. The van der Waals surface area contributed by atoms with Crippen LogP contribution in [0.15, 0.2) is 23.1 Å². The van der Waals surface area contributed by atoms with E-state index in [1.54, 1.807) is 6.07 Å². The van der Waals surface area contributed by atoms with Gasteiger partial charge < -0.3 is 15.2 Å². The third kappa shape index (κ3) is 4.47. The van der Waals surface area contributed by atoms with E-state index in [0.29, 0.717) is 17.8 Å². The number of rotatable bonds is 7. The number of methoxy groups -OCH3 is 1. The second kappa shape index (κ2) is 7.67.